The van der Waals surface area contributed by atoms with Crippen molar-refractivity contribution in [2.45, 2.75) is 18.9 Å². The predicted octanol–water partition coefficient (Wildman–Crippen LogP) is 3.13. The molecular formula is C26H34F2N4O. The van der Waals surface area contributed by atoms with Gasteiger partial charge < -0.3 is 15.1 Å². The number of hydrogen-bond acceptors (Lipinski definition) is 4. The van der Waals surface area contributed by atoms with Crippen molar-refractivity contribution in [1.29, 1.82) is 0 Å². The fraction of sp³-hybridized carbons (Fsp3) is 0.500. The SMILES string of the molecule is CN1CCC(CN2CCN(CC(=O)NC(c3cccc(F)c3)c3cccc(F)c3)CC2)CC1. The van der Waals surface area contributed by atoms with E-state index in [0.29, 0.717) is 11.1 Å². The van der Waals surface area contributed by atoms with Gasteiger partial charge in [0.2, 0.25) is 5.91 Å². The van der Waals surface area contributed by atoms with Gasteiger partial charge in [-0.05, 0) is 74.3 Å². The lowest BCUT2D eigenvalue weighted by Crippen LogP contribution is -2.51. The summed E-state index contributed by atoms with van der Waals surface area (Å²) >= 11 is 0. The smallest absolute Gasteiger partial charge is 0.234 e. The molecule has 7 heteroatoms. The van der Waals surface area contributed by atoms with Crippen LogP contribution in [0.1, 0.15) is 30.0 Å². The van der Waals surface area contributed by atoms with Crippen molar-refractivity contribution in [2.24, 2.45) is 5.92 Å². The molecule has 2 saturated heterocycles. The van der Waals surface area contributed by atoms with E-state index in [4.69, 9.17) is 0 Å². The Morgan fingerprint density at radius 3 is 2.00 bits per heavy atom. The number of hydrogen-bond donors (Lipinski definition) is 1. The lowest BCUT2D eigenvalue weighted by molar-refractivity contribution is -0.123. The van der Waals surface area contributed by atoms with Gasteiger partial charge in [0, 0.05) is 32.7 Å². The van der Waals surface area contributed by atoms with Crippen LogP contribution < -0.4 is 5.32 Å². The summed E-state index contributed by atoms with van der Waals surface area (Å²) in [6.07, 6.45) is 2.53. The van der Waals surface area contributed by atoms with Crippen molar-refractivity contribution >= 4 is 5.91 Å². The van der Waals surface area contributed by atoms with Gasteiger partial charge in [0.15, 0.2) is 0 Å². The first kappa shape index (κ1) is 23.8. The number of nitrogens with one attached hydrogen (secondary N) is 1. The summed E-state index contributed by atoms with van der Waals surface area (Å²) in [6.45, 7) is 7.44. The fourth-order valence-electron chi connectivity index (χ4n) is 4.88. The highest BCUT2D eigenvalue weighted by Gasteiger charge is 2.25. The molecule has 1 amide bonds. The van der Waals surface area contributed by atoms with E-state index in [1.165, 1.54) is 50.2 Å². The van der Waals surface area contributed by atoms with Crippen LogP contribution in [-0.2, 0) is 4.79 Å². The summed E-state index contributed by atoms with van der Waals surface area (Å²) in [7, 11) is 2.19. The third-order valence-corrected chi connectivity index (χ3v) is 6.86. The molecule has 2 aliphatic rings. The van der Waals surface area contributed by atoms with Gasteiger partial charge in [-0.15, -0.1) is 0 Å². The van der Waals surface area contributed by atoms with Gasteiger partial charge in [-0.25, -0.2) is 8.78 Å². The molecule has 0 unspecified atom stereocenters. The van der Waals surface area contributed by atoms with E-state index in [2.05, 4.69) is 27.1 Å². The van der Waals surface area contributed by atoms with E-state index < -0.39 is 6.04 Å². The Balaban J connectivity index is 1.32. The monoisotopic (exact) mass is 456 g/mol. The van der Waals surface area contributed by atoms with Crippen LogP contribution in [0.4, 0.5) is 8.78 Å². The lowest BCUT2D eigenvalue weighted by atomic mass is 9.96. The van der Waals surface area contributed by atoms with E-state index in [-0.39, 0.29) is 24.1 Å². The van der Waals surface area contributed by atoms with Gasteiger partial charge in [0.05, 0.1) is 12.6 Å². The minimum absolute atomic E-state index is 0.141. The summed E-state index contributed by atoms with van der Waals surface area (Å²) in [5.74, 6) is -0.139. The molecule has 0 aliphatic carbocycles. The Kier molecular flexibility index (Phi) is 8.06. The standard InChI is InChI=1S/C26H34F2N4O/c1-30-10-8-20(9-11-30)18-31-12-14-32(15-13-31)19-25(33)29-26(21-4-2-6-23(27)16-21)22-5-3-7-24(28)17-22/h2-7,16-17,20,26H,8-15,18-19H2,1H3,(H,29,33). The number of nitrogens with zero attached hydrogens (tertiary/aromatic N) is 3. The summed E-state index contributed by atoms with van der Waals surface area (Å²) in [4.78, 5) is 20.0. The van der Waals surface area contributed by atoms with Crippen molar-refractivity contribution in [3.05, 3.63) is 71.3 Å². The molecule has 5 nitrogen and oxygen atoms in total. The van der Waals surface area contributed by atoms with Gasteiger partial charge in [-0.2, -0.15) is 0 Å². The van der Waals surface area contributed by atoms with Crippen molar-refractivity contribution in [3.8, 4) is 0 Å². The van der Waals surface area contributed by atoms with Gasteiger partial charge in [-0.1, -0.05) is 24.3 Å². The quantitative estimate of drug-likeness (QED) is 0.695. The molecule has 4 rings (SSSR count). The largest absolute Gasteiger partial charge is 0.344 e. The van der Waals surface area contributed by atoms with Crippen LogP contribution in [-0.4, -0.2) is 80.0 Å². The highest BCUT2D eigenvalue weighted by Crippen LogP contribution is 2.24. The van der Waals surface area contributed by atoms with Crippen molar-refractivity contribution in [3.63, 3.8) is 0 Å². The van der Waals surface area contributed by atoms with E-state index in [9.17, 15) is 13.6 Å². The van der Waals surface area contributed by atoms with Gasteiger partial charge >= 0.3 is 0 Å². The molecule has 0 radical (unpaired) electrons. The van der Waals surface area contributed by atoms with Crippen LogP contribution in [0, 0.1) is 17.6 Å². The Hall–Kier alpha value is -2.35. The molecule has 2 fully saturated rings. The van der Waals surface area contributed by atoms with E-state index >= 15 is 0 Å². The molecule has 0 bridgehead atoms. The first-order valence-electron chi connectivity index (χ1n) is 11.9. The maximum absolute atomic E-state index is 13.9. The van der Waals surface area contributed by atoms with Crippen LogP contribution >= 0.6 is 0 Å². The second kappa shape index (κ2) is 11.2. The minimum atomic E-state index is -0.602. The number of carbonyl (C=O) groups is 1. The Morgan fingerprint density at radius 2 is 1.45 bits per heavy atom. The Morgan fingerprint density at radius 1 is 0.909 bits per heavy atom. The minimum Gasteiger partial charge on any atom is -0.344 e. The number of rotatable bonds is 7. The fourth-order valence-corrected chi connectivity index (χ4v) is 4.88. The lowest BCUT2D eigenvalue weighted by Gasteiger charge is -2.38. The first-order chi connectivity index (χ1) is 16.0. The number of piperazine rings is 1. The Bertz CT molecular complexity index is 879. The predicted molar refractivity (Wildman–Crippen MR) is 126 cm³/mol. The molecule has 2 heterocycles. The number of carbonyl (C=O) groups excluding carboxylic acids is 1. The average Bonchev–Trinajstić information content (AvgIpc) is 2.80. The maximum atomic E-state index is 13.9. The van der Waals surface area contributed by atoms with Gasteiger partial charge in [0.25, 0.3) is 0 Å². The first-order valence-corrected chi connectivity index (χ1v) is 11.9. The number of benzene rings is 2. The molecule has 1 N–H and O–H groups in total. The van der Waals surface area contributed by atoms with Gasteiger partial charge in [-0.3, -0.25) is 9.69 Å². The average molecular weight is 457 g/mol. The third kappa shape index (κ3) is 6.82. The van der Waals surface area contributed by atoms with E-state index in [1.807, 2.05) is 0 Å². The molecule has 0 spiro atoms. The number of likely N-dealkylation sites (tertiary alicyclic amines) is 1. The van der Waals surface area contributed by atoms with Crippen LogP contribution in [0.15, 0.2) is 48.5 Å². The topological polar surface area (TPSA) is 38.8 Å². The van der Waals surface area contributed by atoms with Gasteiger partial charge in [0.1, 0.15) is 11.6 Å². The molecule has 178 valence electrons. The van der Waals surface area contributed by atoms with Crippen molar-refractivity contribution in [1.82, 2.24) is 20.0 Å². The Labute approximate surface area is 195 Å². The van der Waals surface area contributed by atoms with Crippen LogP contribution in [0.5, 0.6) is 0 Å². The molecule has 2 aromatic carbocycles. The summed E-state index contributed by atoms with van der Waals surface area (Å²) in [5, 5.41) is 3.00. The zero-order valence-corrected chi connectivity index (χ0v) is 19.4. The second-order valence-electron chi connectivity index (χ2n) is 9.43. The molecule has 33 heavy (non-hydrogen) atoms. The second-order valence-corrected chi connectivity index (χ2v) is 9.43. The maximum Gasteiger partial charge on any atom is 0.234 e. The van der Waals surface area contributed by atoms with Crippen LogP contribution in [0.3, 0.4) is 0 Å². The van der Waals surface area contributed by atoms with Crippen molar-refractivity contribution < 1.29 is 13.6 Å². The number of piperidine rings is 1. The summed E-state index contributed by atoms with van der Waals surface area (Å²) in [5.41, 5.74) is 1.19. The highest BCUT2D eigenvalue weighted by atomic mass is 19.1. The normalized spacial score (nSPS) is 19.2. The van der Waals surface area contributed by atoms with E-state index in [0.717, 1.165) is 38.6 Å². The van der Waals surface area contributed by atoms with Crippen molar-refractivity contribution in [2.75, 3.05) is 59.4 Å². The number of amides is 1. The summed E-state index contributed by atoms with van der Waals surface area (Å²) in [6, 6.07) is 11.6. The van der Waals surface area contributed by atoms with E-state index in [1.54, 1.807) is 24.3 Å². The van der Waals surface area contributed by atoms with Crippen LogP contribution in [0.2, 0.25) is 0 Å². The third-order valence-electron chi connectivity index (χ3n) is 6.86. The molecule has 0 atom stereocenters. The highest BCUT2D eigenvalue weighted by molar-refractivity contribution is 5.79. The summed E-state index contributed by atoms with van der Waals surface area (Å²) < 4.78 is 27.7. The van der Waals surface area contributed by atoms with Crippen LogP contribution in [0.25, 0.3) is 0 Å². The zero-order valence-electron chi connectivity index (χ0n) is 19.4. The molecule has 2 aromatic rings. The molecular weight excluding hydrogens is 422 g/mol. The molecule has 2 aliphatic heterocycles. The number of halogens is 2. The molecule has 0 saturated carbocycles. The zero-order chi connectivity index (χ0) is 23.2. The molecule has 0 aromatic heterocycles.